The first-order chi connectivity index (χ1) is 8.11. The average Bonchev–Trinajstić information content (AvgIpc) is 2.32. The lowest BCUT2D eigenvalue weighted by molar-refractivity contribution is 0.567. The summed E-state index contributed by atoms with van der Waals surface area (Å²) in [7, 11) is 0. The number of pyridine rings is 1. The summed E-state index contributed by atoms with van der Waals surface area (Å²) >= 11 is 5.87. The van der Waals surface area contributed by atoms with E-state index >= 15 is 0 Å². The zero-order valence-electron chi connectivity index (χ0n) is 9.35. The van der Waals surface area contributed by atoms with Gasteiger partial charge in [-0.15, -0.1) is 0 Å². The Labute approximate surface area is 104 Å². The number of hydrogen-bond acceptors (Lipinski definition) is 2. The van der Waals surface area contributed by atoms with Crippen LogP contribution in [0, 0.1) is 17.2 Å². The predicted molar refractivity (Wildman–Crippen MR) is 68.0 cm³/mol. The Hall–Kier alpha value is -1.79. The van der Waals surface area contributed by atoms with Crippen LogP contribution < -0.4 is 5.56 Å². The van der Waals surface area contributed by atoms with Crippen molar-refractivity contribution in [1.29, 1.82) is 5.26 Å². The van der Waals surface area contributed by atoms with Crippen molar-refractivity contribution >= 4 is 22.4 Å². The van der Waals surface area contributed by atoms with Crippen molar-refractivity contribution in [3.63, 3.8) is 0 Å². The van der Waals surface area contributed by atoms with E-state index in [0.29, 0.717) is 17.0 Å². The second-order valence-corrected chi connectivity index (χ2v) is 4.47. The minimum absolute atomic E-state index is 0.0822. The lowest BCUT2D eigenvalue weighted by Gasteiger charge is -2.08. The summed E-state index contributed by atoms with van der Waals surface area (Å²) in [4.78, 5) is 12.1. The molecule has 1 aromatic carbocycles. The van der Waals surface area contributed by atoms with Gasteiger partial charge in [-0.3, -0.25) is 4.79 Å². The van der Waals surface area contributed by atoms with Gasteiger partial charge < -0.3 is 4.57 Å². The Morgan fingerprint density at radius 3 is 2.94 bits per heavy atom. The number of hydrogen-bond donors (Lipinski definition) is 0. The second kappa shape index (κ2) is 4.60. The molecule has 0 fully saturated rings. The van der Waals surface area contributed by atoms with Gasteiger partial charge in [0.25, 0.3) is 5.56 Å². The third kappa shape index (κ3) is 2.32. The van der Waals surface area contributed by atoms with Gasteiger partial charge in [-0.05, 0) is 36.6 Å². The van der Waals surface area contributed by atoms with Crippen molar-refractivity contribution in [3.8, 4) is 6.07 Å². The molecule has 0 amide bonds. The van der Waals surface area contributed by atoms with Crippen LogP contribution >= 0.6 is 11.6 Å². The van der Waals surface area contributed by atoms with Gasteiger partial charge in [-0.2, -0.15) is 5.26 Å². The molecular weight excluding hydrogens is 236 g/mol. The highest BCUT2D eigenvalue weighted by Crippen LogP contribution is 2.16. The molecule has 2 aromatic rings. The molecule has 0 aliphatic carbocycles. The summed E-state index contributed by atoms with van der Waals surface area (Å²) in [5.41, 5.74) is -0.0822. The van der Waals surface area contributed by atoms with Crippen molar-refractivity contribution in [2.45, 2.75) is 13.5 Å². The molecule has 0 bridgehead atoms. The fourth-order valence-electron chi connectivity index (χ4n) is 1.74. The number of aromatic nitrogens is 1. The molecule has 4 heteroatoms. The van der Waals surface area contributed by atoms with Gasteiger partial charge in [0.05, 0.1) is 12.0 Å². The zero-order chi connectivity index (χ0) is 12.4. The number of nitriles is 1. The molecule has 0 radical (unpaired) electrons. The van der Waals surface area contributed by atoms with Crippen molar-refractivity contribution in [2.24, 2.45) is 5.92 Å². The SMILES string of the molecule is CC(C#N)Cn1ccc2cc(Cl)ccc2c1=O. The quantitative estimate of drug-likeness (QED) is 0.818. The van der Waals surface area contributed by atoms with Gasteiger partial charge in [0.1, 0.15) is 0 Å². The number of fused-ring (bicyclic) bond motifs is 1. The molecule has 1 heterocycles. The fourth-order valence-corrected chi connectivity index (χ4v) is 1.92. The van der Waals surface area contributed by atoms with E-state index in [0.717, 1.165) is 5.39 Å². The van der Waals surface area contributed by atoms with Gasteiger partial charge in [-0.1, -0.05) is 11.6 Å². The van der Waals surface area contributed by atoms with Crippen LogP contribution in [0.4, 0.5) is 0 Å². The molecule has 0 saturated carbocycles. The number of nitrogens with zero attached hydrogens (tertiary/aromatic N) is 2. The molecule has 1 aromatic heterocycles. The largest absolute Gasteiger partial charge is 0.314 e. The van der Waals surface area contributed by atoms with Crippen molar-refractivity contribution in [1.82, 2.24) is 4.57 Å². The van der Waals surface area contributed by atoms with Crippen LogP contribution in [0.1, 0.15) is 6.92 Å². The second-order valence-electron chi connectivity index (χ2n) is 4.03. The number of rotatable bonds is 2. The number of benzene rings is 1. The van der Waals surface area contributed by atoms with Crippen molar-refractivity contribution in [2.75, 3.05) is 0 Å². The van der Waals surface area contributed by atoms with Gasteiger partial charge in [-0.25, -0.2) is 0 Å². The standard InChI is InChI=1S/C13H11ClN2O/c1-9(7-15)8-16-5-4-10-6-11(14)2-3-12(10)13(16)17/h2-6,9H,8H2,1H3. The molecule has 2 rings (SSSR count). The van der Waals surface area contributed by atoms with Crippen LogP contribution in [0.2, 0.25) is 5.02 Å². The Kier molecular flexibility index (Phi) is 3.16. The predicted octanol–water partition coefficient (Wildman–Crippen LogP) is 2.81. The van der Waals surface area contributed by atoms with Crippen LogP contribution in [-0.4, -0.2) is 4.57 Å². The molecule has 1 atom stereocenters. The molecular formula is C13H11ClN2O. The maximum Gasteiger partial charge on any atom is 0.258 e. The Balaban J connectivity index is 2.55. The maximum absolute atomic E-state index is 12.1. The molecule has 0 saturated heterocycles. The summed E-state index contributed by atoms with van der Waals surface area (Å²) in [6.45, 7) is 2.20. The Morgan fingerprint density at radius 2 is 2.24 bits per heavy atom. The molecule has 0 spiro atoms. The first-order valence-electron chi connectivity index (χ1n) is 5.30. The molecule has 17 heavy (non-hydrogen) atoms. The zero-order valence-corrected chi connectivity index (χ0v) is 10.1. The summed E-state index contributed by atoms with van der Waals surface area (Å²) < 4.78 is 1.56. The van der Waals surface area contributed by atoms with Gasteiger partial charge in [0, 0.05) is 23.2 Å². The summed E-state index contributed by atoms with van der Waals surface area (Å²) in [6.07, 6.45) is 1.70. The highest BCUT2D eigenvalue weighted by atomic mass is 35.5. The minimum Gasteiger partial charge on any atom is -0.314 e. The lowest BCUT2D eigenvalue weighted by Crippen LogP contribution is -2.22. The summed E-state index contributed by atoms with van der Waals surface area (Å²) in [6, 6.07) is 9.13. The number of halogens is 1. The molecule has 0 N–H and O–H groups in total. The Bertz CT molecular complexity index is 654. The summed E-state index contributed by atoms with van der Waals surface area (Å²) in [5, 5.41) is 10.8. The highest BCUT2D eigenvalue weighted by Gasteiger charge is 2.06. The molecule has 3 nitrogen and oxygen atoms in total. The van der Waals surface area contributed by atoms with Crippen molar-refractivity contribution in [3.05, 3.63) is 45.8 Å². The topological polar surface area (TPSA) is 45.8 Å². The van der Waals surface area contributed by atoms with E-state index in [2.05, 4.69) is 6.07 Å². The van der Waals surface area contributed by atoms with Crippen molar-refractivity contribution < 1.29 is 0 Å². The first kappa shape index (κ1) is 11.7. The molecule has 0 aliphatic heterocycles. The third-order valence-corrected chi connectivity index (χ3v) is 2.86. The fraction of sp³-hybridized carbons (Fsp3) is 0.231. The molecule has 1 unspecified atom stereocenters. The third-order valence-electron chi connectivity index (χ3n) is 2.63. The van der Waals surface area contributed by atoms with Gasteiger partial charge >= 0.3 is 0 Å². The van der Waals surface area contributed by atoms with E-state index < -0.39 is 0 Å². The average molecular weight is 247 g/mol. The van der Waals surface area contributed by atoms with Crippen LogP contribution in [0.5, 0.6) is 0 Å². The molecule has 86 valence electrons. The van der Waals surface area contributed by atoms with Gasteiger partial charge in [0.15, 0.2) is 0 Å². The van der Waals surface area contributed by atoms with Crippen LogP contribution in [0.25, 0.3) is 10.8 Å². The highest BCUT2D eigenvalue weighted by molar-refractivity contribution is 6.31. The first-order valence-corrected chi connectivity index (χ1v) is 5.68. The van der Waals surface area contributed by atoms with Crippen LogP contribution in [-0.2, 0) is 6.54 Å². The van der Waals surface area contributed by atoms with E-state index in [1.54, 1.807) is 35.9 Å². The van der Waals surface area contributed by atoms with E-state index in [9.17, 15) is 4.79 Å². The van der Waals surface area contributed by atoms with E-state index in [4.69, 9.17) is 16.9 Å². The minimum atomic E-state index is -0.183. The monoisotopic (exact) mass is 246 g/mol. The Morgan fingerprint density at radius 1 is 1.47 bits per heavy atom. The maximum atomic E-state index is 12.1. The lowest BCUT2D eigenvalue weighted by atomic mass is 10.1. The smallest absolute Gasteiger partial charge is 0.258 e. The van der Waals surface area contributed by atoms with E-state index in [1.165, 1.54) is 0 Å². The molecule has 0 aliphatic rings. The van der Waals surface area contributed by atoms with Crippen LogP contribution in [0.3, 0.4) is 0 Å². The van der Waals surface area contributed by atoms with Crippen LogP contribution in [0.15, 0.2) is 35.3 Å². The van der Waals surface area contributed by atoms with Gasteiger partial charge in [0.2, 0.25) is 0 Å². The van der Waals surface area contributed by atoms with E-state index in [1.807, 2.05) is 6.07 Å². The normalized spacial score (nSPS) is 12.3. The van der Waals surface area contributed by atoms with E-state index in [-0.39, 0.29) is 11.5 Å². The summed E-state index contributed by atoms with van der Waals surface area (Å²) in [5.74, 6) is -0.183.